The summed E-state index contributed by atoms with van der Waals surface area (Å²) in [5.74, 6) is 0. The van der Waals surface area contributed by atoms with Gasteiger partial charge in [-0.25, -0.2) is 0 Å². The van der Waals surface area contributed by atoms with E-state index in [9.17, 15) is 0 Å². The molecule has 1 aromatic heterocycles. The minimum atomic E-state index is 0.566. The highest BCUT2D eigenvalue weighted by Crippen LogP contribution is 2.19. The first-order valence-corrected chi connectivity index (χ1v) is 7.60. The van der Waals surface area contributed by atoms with E-state index in [1.807, 2.05) is 4.57 Å². The second-order valence-electron chi connectivity index (χ2n) is 5.87. The number of hydrogen-bond donors (Lipinski definition) is 0. The van der Waals surface area contributed by atoms with Crippen molar-refractivity contribution >= 4 is 5.69 Å². The number of aryl methyl sites for hydroxylation is 1. The first-order valence-electron chi connectivity index (χ1n) is 7.60. The van der Waals surface area contributed by atoms with E-state index < -0.39 is 0 Å². The van der Waals surface area contributed by atoms with Crippen molar-refractivity contribution < 1.29 is 0 Å². The highest BCUT2D eigenvalue weighted by atomic mass is 15.3. The van der Waals surface area contributed by atoms with Crippen molar-refractivity contribution in [2.45, 2.75) is 26.4 Å². The first kappa shape index (κ1) is 14.1. The van der Waals surface area contributed by atoms with Gasteiger partial charge in [-0.3, -0.25) is 4.90 Å². The van der Waals surface area contributed by atoms with Gasteiger partial charge in [-0.2, -0.15) is 0 Å². The second-order valence-corrected chi connectivity index (χ2v) is 5.87. The van der Waals surface area contributed by atoms with E-state index in [4.69, 9.17) is 0 Å². The largest absolute Gasteiger partial charge is 0.369 e. The van der Waals surface area contributed by atoms with Crippen LogP contribution in [-0.2, 0) is 6.54 Å². The fraction of sp³-hybridized carbons (Fsp3) is 0.500. The van der Waals surface area contributed by atoms with Gasteiger partial charge in [0.05, 0.1) is 0 Å². The summed E-state index contributed by atoms with van der Waals surface area (Å²) in [6.45, 7) is 9.75. The van der Waals surface area contributed by atoms with Crippen molar-refractivity contribution in [1.82, 2.24) is 19.7 Å². The standard InChI is InChI=1S/C16H23N5/c1-14-3-5-16(6-4-14)21-10-9-20(15(2)11-21)8-7-19-12-17-18-13-19/h3-6,12-13,15H,7-11H2,1-2H3/t15-/m0/s1. The Morgan fingerprint density at radius 3 is 2.43 bits per heavy atom. The molecule has 1 fully saturated rings. The number of anilines is 1. The summed E-state index contributed by atoms with van der Waals surface area (Å²) in [6, 6.07) is 9.41. The van der Waals surface area contributed by atoms with Crippen molar-refractivity contribution in [2.75, 3.05) is 31.1 Å². The lowest BCUT2D eigenvalue weighted by molar-refractivity contribution is 0.182. The van der Waals surface area contributed by atoms with E-state index in [-0.39, 0.29) is 0 Å². The monoisotopic (exact) mass is 285 g/mol. The van der Waals surface area contributed by atoms with E-state index >= 15 is 0 Å². The third-order valence-corrected chi connectivity index (χ3v) is 4.28. The van der Waals surface area contributed by atoms with Gasteiger partial charge in [0, 0.05) is 44.5 Å². The zero-order valence-electron chi connectivity index (χ0n) is 12.8. The molecule has 1 aliphatic rings. The second kappa shape index (κ2) is 6.26. The molecule has 0 aliphatic carbocycles. The van der Waals surface area contributed by atoms with E-state index in [1.165, 1.54) is 11.3 Å². The molecule has 2 heterocycles. The van der Waals surface area contributed by atoms with Crippen LogP contribution in [-0.4, -0.2) is 51.9 Å². The summed E-state index contributed by atoms with van der Waals surface area (Å²) >= 11 is 0. The van der Waals surface area contributed by atoms with E-state index in [0.717, 1.165) is 32.7 Å². The van der Waals surface area contributed by atoms with E-state index in [0.29, 0.717) is 6.04 Å². The summed E-state index contributed by atoms with van der Waals surface area (Å²) in [5.41, 5.74) is 2.66. The molecule has 1 aliphatic heterocycles. The third kappa shape index (κ3) is 3.42. The van der Waals surface area contributed by atoms with Crippen LogP contribution in [0.3, 0.4) is 0 Å². The highest BCUT2D eigenvalue weighted by Gasteiger charge is 2.23. The summed E-state index contributed by atoms with van der Waals surface area (Å²) in [6.07, 6.45) is 3.57. The van der Waals surface area contributed by atoms with Crippen LogP contribution in [0, 0.1) is 6.92 Å². The molecule has 112 valence electrons. The quantitative estimate of drug-likeness (QED) is 0.858. The predicted molar refractivity (Wildman–Crippen MR) is 84.4 cm³/mol. The Morgan fingerprint density at radius 2 is 1.76 bits per heavy atom. The van der Waals surface area contributed by atoms with Gasteiger partial charge in [0.1, 0.15) is 12.7 Å². The molecule has 0 radical (unpaired) electrons. The summed E-state index contributed by atoms with van der Waals surface area (Å²) < 4.78 is 2.04. The fourth-order valence-corrected chi connectivity index (χ4v) is 2.90. The highest BCUT2D eigenvalue weighted by molar-refractivity contribution is 5.48. The Morgan fingerprint density at radius 1 is 1.05 bits per heavy atom. The van der Waals surface area contributed by atoms with Gasteiger partial charge >= 0.3 is 0 Å². The fourth-order valence-electron chi connectivity index (χ4n) is 2.90. The van der Waals surface area contributed by atoms with Crippen LogP contribution in [0.4, 0.5) is 5.69 Å². The zero-order valence-corrected chi connectivity index (χ0v) is 12.8. The van der Waals surface area contributed by atoms with Crippen LogP contribution in [0.2, 0.25) is 0 Å². The van der Waals surface area contributed by atoms with Crippen molar-refractivity contribution in [3.8, 4) is 0 Å². The number of aromatic nitrogens is 3. The maximum absolute atomic E-state index is 3.85. The molecule has 1 atom stereocenters. The van der Waals surface area contributed by atoms with Crippen molar-refractivity contribution in [2.24, 2.45) is 0 Å². The Kier molecular flexibility index (Phi) is 4.20. The maximum atomic E-state index is 3.85. The molecule has 0 spiro atoms. The normalized spacial score (nSPS) is 19.9. The minimum absolute atomic E-state index is 0.566. The zero-order chi connectivity index (χ0) is 14.7. The molecule has 0 amide bonds. The van der Waals surface area contributed by atoms with Crippen molar-refractivity contribution in [3.05, 3.63) is 42.5 Å². The average molecular weight is 285 g/mol. The summed E-state index contributed by atoms with van der Waals surface area (Å²) in [4.78, 5) is 5.03. The lowest BCUT2D eigenvalue weighted by Gasteiger charge is -2.41. The molecule has 3 rings (SSSR count). The van der Waals surface area contributed by atoms with Gasteiger partial charge in [-0.05, 0) is 26.0 Å². The number of hydrogen-bond acceptors (Lipinski definition) is 4. The molecular formula is C16H23N5. The molecule has 0 unspecified atom stereocenters. The summed E-state index contributed by atoms with van der Waals surface area (Å²) in [5, 5.41) is 7.70. The molecule has 2 aromatic rings. The molecule has 0 bridgehead atoms. The average Bonchev–Trinajstić information content (AvgIpc) is 3.00. The molecule has 21 heavy (non-hydrogen) atoms. The van der Waals surface area contributed by atoms with Gasteiger partial charge in [-0.1, -0.05) is 17.7 Å². The number of rotatable bonds is 4. The third-order valence-electron chi connectivity index (χ3n) is 4.28. The maximum Gasteiger partial charge on any atom is 0.119 e. The molecule has 0 saturated carbocycles. The van der Waals surface area contributed by atoms with E-state index in [2.05, 4.69) is 58.1 Å². The molecule has 1 saturated heterocycles. The molecule has 5 nitrogen and oxygen atoms in total. The first-order chi connectivity index (χ1) is 10.2. The van der Waals surface area contributed by atoms with Crippen molar-refractivity contribution in [3.63, 3.8) is 0 Å². The topological polar surface area (TPSA) is 37.2 Å². The molecular weight excluding hydrogens is 262 g/mol. The van der Waals surface area contributed by atoms with Crippen LogP contribution >= 0.6 is 0 Å². The predicted octanol–water partition coefficient (Wildman–Crippen LogP) is 1.80. The Labute approximate surface area is 126 Å². The smallest absolute Gasteiger partial charge is 0.119 e. The molecule has 0 N–H and O–H groups in total. The van der Waals surface area contributed by atoms with Gasteiger partial charge in [0.2, 0.25) is 0 Å². The van der Waals surface area contributed by atoms with Gasteiger partial charge in [0.25, 0.3) is 0 Å². The molecule has 1 aromatic carbocycles. The lowest BCUT2D eigenvalue weighted by atomic mass is 10.1. The number of nitrogens with zero attached hydrogens (tertiary/aromatic N) is 5. The number of benzene rings is 1. The number of piperazine rings is 1. The molecule has 5 heteroatoms. The minimum Gasteiger partial charge on any atom is -0.369 e. The van der Waals surface area contributed by atoms with Crippen LogP contribution in [0.1, 0.15) is 12.5 Å². The Bertz CT molecular complexity index is 549. The van der Waals surface area contributed by atoms with Crippen molar-refractivity contribution in [1.29, 1.82) is 0 Å². The van der Waals surface area contributed by atoms with Crippen LogP contribution < -0.4 is 4.90 Å². The van der Waals surface area contributed by atoms with Gasteiger partial charge in [-0.15, -0.1) is 10.2 Å². The van der Waals surface area contributed by atoms with Gasteiger partial charge in [0.15, 0.2) is 0 Å². The Balaban J connectivity index is 1.55. The van der Waals surface area contributed by atoms with Gasteiger partial charge < -0.3 is 9.47 Å². The summed E-state index contributed by atoms with van der Waals surface area (Å²) in [7, 11) is 0. The SMILES string of the molecule is Cc1ccc(N2CCN(CCn3cnnc3)[C@@H](C)C2)cc1. The van der Waals surface area contributed by atoms with Crippen LogP contribution in [0.25, 0.3) is 0 Å². The Hall–Kier alpha value is -1.88. The van der Waals surface area contributed by atoms with Crippen LogP contribution in [0.15, 0.2) is 36.9 Å². The van der Waals surface area contributed by atoms with Crippen LogP contribution in [0.5, 0.6) is 0 Å². The van der Waals surface area contributed by atoms with E-state index in [1.54, 1.807) is 12.7 Å². The lowest BCUT2D eigenvalue weighted by Crippen LogP contribution is -2.52.